The fourth-order valence-electron chi connectivity index (χ4n) is 9.53. The monoisotopic (exact) mass is 776 g/mol. The standard InChI is InChI=1S/C55H41N2OP/c58-59(45-27-17-24-41(35-45)38-18-4-1-5-19-38)53-33-15-12-30-48(53)54-46-28-10-13-31-51(46)57(52-32-14-11-29-47(52)55(54)59)44-26-16-25-42(34-44)50-37-43(39-20-6-2-7-21-39)36-49(56-50)40-22-8-3-9-23-40/h1-4,6-18,20-34,36-37,45H,5,19,35H2/t45-,59+/m0/s1. The van der Waals surface area contributed by atoms with Gasteiger partial charge in [-0.1, -0.05) is 170 Å². The van der Waals surface area contributed by atoms with Gasteiger partial charge in [-0.3, -0.25) is 0 Å². The molecule has 59 heavy (non-hydrogen) atoms. The van der Waals surface area contributed by atoms with E-state index in [1.54, 1.807) is 0 Å². The average Bonchev–Trinajstić information content (AvgIpc) is 3.50. The van der Waals surface area contributed by atoms with E-state index in [-0.39, 0.29) is 5.66 Å². The summed E-state index contributed by atoms with van der Waals surface area (Å²) < 4.78 is 16.7. The van der Waals surface area contributed by atoms with Crippen molar-refractivity contribution in [3.05, 3.63) is 234 Å². The third-order valence-corrected chi connectivity index (χ3v) is 15.8. The molecule has 3 heterocycles. The molecule has 4 aliphatic rings. The molecule has 2 aliphatic carbocycles. The van der Waals surface area contributed by atoms with Crippen LogP contribution in [-0.2, 0) is 4.57 Å². The van der Waals surface area contributed by atoms with E-state index in [2.05, 4.69) is 205 Å². The van der Waals surface area contributed by atoms with E-state index in [1.807, 2.05) is 6.07 Å². The molecule has 0 saturated carbocycles. The topological polar surface area (TPSA) is 33.2 Å². The first-order valence-corrected chi connectivity index (χ1v) is 22.3. The fourth-order valence-corrected chi connectivity index (χ4v) is 13.2. The predicted octanol–water partition coefficient (Wildman–Crippen LogP) is 14.3. The Hall–Kier alpha value is -6.80. The Morgan fingerprint density at radius 3 is 1.93 bits per heavy atom. The van der Waals surface area contributed by atoms with Crippen LogP contribution in [0.3, 0.4) is 0 Å². The molecule has 2 atom stereocenters. The van der Waals surface area contributed by atoms with E-state index in [9.17, 15) is 0 Å². The Morgan fingerprint density at radius 1 is 0.542 bits per heavy atom. The summed E-state index contributed by atoms with van der Waals surface area (Å²) in [6.45, 7) is 0. The number of rotatable bonds is 6. The molecule has 11 rings (SSSR count). The number of fused-ring (bicyclic) bond motifs is 6. The largest absolute Gasteiger partial charge is 0.313 e. The fraction of sp³-hybridized carbons (Fsp3) is 0.0727. The van der Waals surface area contributed by atoms with Crippen LogP contribution in [0.25, 0.3) is 44.5 Å². The van der Waals surface area contributed by atoms with Crippen LogP contribution in [0.15, 0.2) is 217 Å². The van der Waals surface area contributed by atoms with Gasteiger partial charge in [0.1, 0.15) is 0 Å². The van der Waals surface area contributed by atoms with Gasteiger partial charge in [0, 0.05) is 49.8 Å². The lowest BCUT2D eigenvalue weighted by molar-refractivity contribution is 0.582. The molecule has 0 N–H and O–H groups in total. The lowest BCUT2D eigenvalue weighted by Crippen LogP contribution is -2.19. The lowest BCUT2D eigenvalue weighted by Gasteiger charge is -2.32. The number of nitrogens with zero attached hydrogens (tertiary/aromatic N) is 2. The highest BCUT2D eigenvalue weighted by atomic mass is 31.2. The number of pyridine rings is 1. The zero-order valence-corrected chi connectivity index (χ0v) is 33.5. The molecular weight excluding hydrogens is 736 g/mol. The molecule has 4 heteroatoms. The third kappa shape index (κ3) is 5.96. The summed E-state index contributed by atoms with van der Waals surface area (Å²) >= 11 is 0. The van der Waals surface area contributed by atoms with Gasteiger partial charge in [0.15, 0.2) is 7.14 Å². The quantitative estimate of drug-likeness (QED) is 0.158. The number of hydrogen-bond donors (Lipinski definition) is 0. The van der Waals surface area contributed by atoms with Gasteiger partial charge >= 0.3 is 0 Å². The van der Waals surface area contributed by atoms with E-state index in [0.29, 0.717) is 0 Å². The molecule has 0 fully saturated rings. The Kier molecular flexibility index (Phi) is 8.72. The normalized spacial score (nSPS) is 18.9. The minimum Gasteiger partial charge on any atom is -0.313 e. The van der Waals surface area contributed by atoms with Gasteiger partial charge in [-0.05, 0) is 83.5 Å². The SMILES string of the molecule is O=[P@@]1([C@H]2C=CC=C(C3=CC=CCC3)C2)C2=C(c3ccccc3N(c3cccc(-c4cc(-c5ccccc5)cc(-c5ccccc5)n4)c3)c3ccccc32)c2ccccc21. The first-order chi connectivity index (χ1) is 29.1. The van der Waals surface area contributed by atoms with Crippen LogP contribution < -0.4 is 10.2 Å². The van der Waals surface area contributed by atoms with Crippen molar-refractivity contribution in [3.63, 3.8) is 0 Å². The van der Waals surface area contributed by atoms with Crippen LogP contribution >= 0.6 is 7.14 Å². The molecule has 1 aromatic heterocycles. The highest BCUT2D eigenvalue weighted by Crippen LogP contribution is 2.73. The van der Waals surface area contributed by atoms with E-state index >= 15 is 4.57 Å². The number of hydrogen-bond acceptors (Lipinski definition) is 3. The van der Waals surface area contributed by atoms with Crippen molar-refractivity contribution < 1.29 is 4.57 Å². The van der Waals surface area contributed by atoms with Gasteiger partial charge in [-0.25, -0.2) is 4.98 Å². The second kappa shape index (κ2) is 14.5. The number of para-hydroxylation sites is 2. The molecule has 3 nitrogen and oxygen atoms in total. The molecule has 0 amide bonds. The molecule has 282 valence electrons. The molecule has 0 saturated heterocycles. The molecule has 6 aromatic carbocycles. The summed E-state index contributed by atoms with van der Waals surface area (Å²) in [6, 6.07) is 59.8. The van der Waals surface area contributed by atoms with Gasteiger partial charge in [0.2, 0.25) is 0 Å². The lowest BCUT2D eigenvalue weighted by atomic mass is 9.91. The van der Waals surface area contributed by atoms with Crippen molar-refractivity contribution in [3.8, 4) is 33.6 Å². The van der Waals surface area contributed by atoms with Crippen molar-refractivity contribution in [1.29, 1.82) is 0 Å². The molecule has 0 spiro atoms. The second-order valence-electron chi connectivity index (χ2n) is 15.7. The summed E-state index contributed by atoms with van der Waals surface area (Å²) in [5.41, 5.74) is 16.0. The number of allylic oxidation sites excluding steroid dienone is 8. The Bertz CT molecular complexity index is 2950. The maximum Gasteiger partial charge on any atom is 0.152 e. The van der Waals surface area contributed by atoms with Gasteiger partial charge in [0.05, 0.1) is 22.8 Å². The third-order valence-electron chi connectivity index (χ3n) is 12.3. The van der Waals surface area contributed by atoms with Crippen LogP contribution in [0.5, 0.6) is 0 Å². The van der Waals surface area contributed by atoms with Crippen molar-refractivity contribution in [1.82, 2.24) is 4.98 Å². The second-order valence-corrected chi connectivity index (χ2v) is 18.6. The maximum absolute atomic E-state index is 16.7. The number of aromatic nitrogens is 1. The van der Waals surface area contributed by atoms with E-state index in [0.717, 1.165) is 103 Å². The smallest absolute Gasteiger partial charge is 0.152 e. The molecule has 2 aliphatic heterocycles. The summed E-state index contributed by atoms with van der Waals surface area (Å²) in [7, 11) is -3.25. The highest BCUT2D eigenvalue weighted by molar-refractivity contribution is 7.83. The van der Waals surface area contributed by atoms with Gasteiger partial charge < -0.3 is 9.46 Å². The van der Waals surface area contributed by atoms with E-state index in [1.165, 1.54) is 11.1 Å². The average molecular weight is 777 g/mol. The molecule has 0 radical (unpaired) electrons. The zero-order chi connectivity index (χ0) is 39.3. The highest BCUT2D eigenvalue weighted by Gasteiger charge is 2.49. The summed E-state index contributed by atoms with van der Waals surface area (Å²) in [5, 5.41) is 1.94. The Labute approximate surface area is 346 Å². The van der Waals surface area contributed by atoms with Gasteiger partial charge in [-0.15, -0.1) is 0 Å². The Morgan fingerprint density at radius 2 is 1.17 bits per heavy atom. The summed E-state index contributed by atoms with van der Waals surface area (Å²) in [6.07, 6.45) is 16.1. The first kappa shape index (κ1) is 35.4. The van der Waals surface area contributed by atoms with Crippen molar-refractivity contribution in [2.24, 2.45) is 0 Å². The van der Waals surface area contributed by atoms with E-state index in [4.69, 9.17) is 4.98 Å². The van der Waals surface area contributed by atoms with Gasteiger partial charge in [-0.2, -0.15) is 0 Å². The van der Waals surface area contributed by atoms with Crippen LogP contribution in [-0.4, -0.2) is 10.6 Å². The van der Waals surface area contributed by atoms with Crippen LogP contribution in [0.4, 0.5) is 17.1 Å². The predicted molar refractivity (Wildman–Crippen MR) is 247 cm³/mol. The minimum absolute atomic E-state index is 0.167. The van der Waals surface area contributed by atoms with Crippen LogP contribution in [0.1, 0.15) is 36.0 Å². The summed E-state index contributed by atoms with van der Waals surface area (Å²) in [4.78, 5) is 7.67. The molecular formula is C55H41N2OP. The maximum atomic E-state index is 16.7. The van der Waals surface area contributed by atoms with Gasteiger partial charge in [0.25, 0.3) is 0 Å². The molecule has 0 unspecified atom stereocenters. The Balaban J connectivity index is 1.09. The van der Waals surface area contributed by atoms with Crippen molar-refractivity contribution in [2.75, 3.05) is 4.90 Å². The van der Waals surface area contributed by atoms with Crippen molar-refractivity contribution >= 4 is 40.4 Å². The molecule has 7 aromatic rings. The number of benzene rings is 6. The van der Waals surface area contributed by atoms with Crippen molar-refractivity contribution in [2.45, 2.75) is 24.9 Å². The first-order valence-electron chi connectivity index (χ1n) is 20.6. The molecule has 0 bridgehead atoms. The number of anilines is 3. The van der Waals surface area contributed by atoms with E-state index < -0.39 is 7.14 Å². The minimum atomic E-state index is -3.25. The van der Waals surface area contributed by atoms with Crippen LogP contribution in [0, 0.1) is 0 Å². The summed E-state index contributed by atoms with van der Waals surface area (Å²) in [5.74, 6) is 0. The zero-order valence-electron chi connectivity index (χ0n) is 32.6. The van der Waals surface area contributed by atoms with Crippen LogP contribution in [0.2, 0.25) is 0 Å².